The minimum Gasteiger partial charge on any atom is -0.495 e. The zero-order valence-corrected chi connectivity index (χ0v) is 11.4. The number of hydroxylamine groups is 1. The molecule has 0 radical (unpaired) electrons. The van der Waals surface area contributed by atoms with Crippen LogP contribution in [0.5, 0.6) is 5.75 Å². The van der Waals surface area contributed by atoms with E-state index in [9.17, 15) is 13.2 Å². The molecule has 0 unspecified atom stereocenters. The van der Waals surface area contributed by atoms with Gasteiger partial charge in [0.05, 0.1) is 14.2 Å². The van der Waals surface area contributed by atoms with Gasteiger partial charge in [-0.05, 0) is 12.1 Å². The molecule has 0 heterocycles. The number of rotatable bonds is 4. The third-order valence-corrected chi connectivity index (χ3v) is 3.98. The summed E-state index contributed by atoms with van der Waals surface area (Å²) in [6.07, 6.45) is 0. The van der Waals surface area contributed by atoms with Gasteiger partial charge < -0.3 is 4.74 Å². The number of ether oxygens (including phenoxy) is 1. The average Bonchev–Trinajstić information content (AvgIpc) is 2.37. The summed E-state index contributed by atoms with van der Waals surface area (Å²) < 4.78 is 29.6. The Hall–Kier alpha value is -2.11. The fourth-order valence-electron chi connectivity index (χ4n) is 1.49. The van der Waals surface area contributed by atoms with Gasteiger partial charge in [-0.2, -0.15) is 13.7 Å². The zero-order chi connectivity index (χ0) is 14.6. The van der Waals surface area contributed by atoms with Crippen molar-refractivity contribution < 1.29 is 22.8 Å². The second-order valence-electron chi connectivity index (χ2n) is 3.38. The number of carbonyl (C=O) groups is 1. The maximum absolute atomic E-state index is 12.2. The number of amides is 1. The fraction of sp³-hybridized carbons (Fsp3) is 0.273. The molecule has 0 spiro atoms. The van der Waals surface area contributed by atoms with Crippen molar-refractivity contribution in [2.75, 3.05) is 14.2 Å². The Bertz CT molecular complexity index is 633. The minimum atomic E-state index is -4.27. The third-order valence-electron chi connectivity index (χ3n) is 2.24. The van der Waals surface area contributed by atoms with Crippen LogP contribution in [-0.4, -0.2) is 33.0 Å². The van der Waals surface area contributed by atoms with E-state index in [0.717, 1.165) is 14.0 Å². The molecule has 1 aromatic carbocycles. The quantitative estimate of drug-likeness (QED) is 0.754. The SMILES string of the molecule is COc1cccc(S(=O)(=O)N(OC)C(C)=O)c1C#N. The van der Waals surface area contributed by atoms with Crippen molar-refractivity contribution in [3.05, 3.63) is 23.8 Å². The van der Waals surface area contributed by atoms with Gasteiger partial charge in [0.25, 0.3) is 15.9 Å². The zero-order valence-electron chi connectivity index (χ0n) is 10.6. The summed E-state index contributed by atoms with van der Waals surface area (Å²) in [5, 5.41) is 9.05. The van der Waals surface area contributed by atoms with Gasteiger partial charge in [0, 0.05) is 6.92 Å². The summed E-state index contributed by atoms with van der Waals surface area (Å²) in [5.74, 6) is -0.725. The van der Waals surface area contributed by atoms with Gasteiger partial charge in [-0.3, -0.25) is 9.63 Å². The lowest BCUT2D eigenvalue weighted by molar-refractivity contribution is -0.149. The van der Waals surface area contributed by atoms with E-state index in [4.69, 9.17) is 10.00 Å². The monoisotopic (exact) mass is 284 g/mol. The van der Waals surface area contributed by atoms with Crippen LogP contribution in [0.4, 0.5) is 0 Å². The van der Waals surface area contributed by atoms with Crippen LogP contribution in [0.3, 0.4) is 0 Å². The summed E-state index contributed by atoms with van der Waals surface area (Å²) in [5.41, 5.74) is -0.187. The van der Waals surface area contributed by atoms with Crippen LogP contribution >= 0.6 is 0 Å². The first-order chi connectivity index (χ1) is 8.89. The highest BCUT2D eigenvalue weighted by molar-refractivity contribution is 7.89. The number of sulfonamides is 1. The Morgan fingerprint density at radius 3 is 2.42 bits per heavy atom. The van der Waals surface area contributed by atoms with Crippen molar-refractivity contribution in [2.45, 2.75) is 11.8 Å². The van der Waals surface area contributed by atoms with Crippen molar-refractivity contribution in [1.29, 1.82) is 5.26 Å². The first-order valence-corrected chi connectivity index (χ1v) is 6.51. The molecule has 1 amide bonds. The Morgan fingerprint density at radius 1 is 1.37 bits per heavy atom. The Morgan fingerprint density at radius 2 is 2.00 bits per heavy atom. The minimum absolute atomic E-state index is 0.100. The summed E-state index contributed by atoms with van der Waals surface area (Å²) >= 11 is 0. The van der Waals surface area contributed by atoms with Crippen LogP contribution in [0, 0.1) is 11.3 Å². The lowest BCUT2D eigenvalue weighted by Gasteiger charge is -2.18. The van der Waals surface area contributed by atoms with Crippen molar-refractivity contribution in [1.82, 2.24) is 4.47 Å². The van der Waals surface area contributed by atoms with Gasteiger partial charge >= 0.3 is 0 Å². The van der Waals surface area contributed by atoms with E-state index in [1.807, 2.05) is 0 Å². The van der Waals surface area contributed by atoms with Crippen LogP contribution in [0.2, 0.25) is 0 Å². The molecule has 1 aromatic rings. The van der Waals surface area contributed by atoms with Crippen LogP contribution in [0.15, 0.2) is 23.1 Å². The van der Waals surface area contributed by atoms with Crippen LogP contribution in [-0.2, 0) is 19.7 Å². The second-order valence-corrected chi connectivity index (χ2v) is 5.10. The summed E-state index contributed by atoms with van der Waals surface area (Å²) in [7, 11) is -1.91. The first kappa shape index (κ1) is 14.9. The number of hydrogen-bond acceptors (Lipinski definition) is 6. The summed E-state index contributed by atoms with van der Waals surface area (Å²) in [6.45, 7) is 1.03. The van der Waals surface area contributed by atoms with Gasteiger partial charge in [-0.25, -0.2) is 0 Å². The normalized spacial score (nSPS) is 10.6. The highest BCUT2D eigenvalue weighted by Gasteiger charge is 2.31. The molecule has 0 saturated heterocycles. The lowest BCUT2D eigenvalue weighted by Crippen LogP contribution is -2.34. The predicted molar refractivity (Wildman–Crippen MR) is 64.4 cm³/mol. The van der Waals surface area contributed by atoms with E-state index >= 15 is 0 Å². The average molecular weight is 284 g/mol. The van der Waals surface area contributed by atoms with Crippen molar-refractivity contribution in [3.8, 4) is 11.8 Å². The number of methoxy groups -OCH3 is 1. The van der Waals surface area contributed by atoms with Crippen LogP contribution in [0.25, 0.3) is 0 Å². The van der Waals surface area contributed by atoms with E-state index in [1.54, 1.807) is 6.07 Å². The first-order valence-electron chi connectivity index (χ1n) is 5.07. The van der Waals surface area contributed by atoms with Gasteiger partial charge in [0.1, 0.15) is 22.3 Å². The largest absolute Gasteiger partial charge is 0.495 e. The molecular formula is C11H12N2O5S. The Balaban J connectivity index is 3.54. The molecule has 0 fully saturated rings. The Kier molecular flexibility index (Phi) is 4.47. The third kappa shape index (κ3) is 2.67. The number of carbonyl (C=O) groups excluding carboxylic acids is 1. The molecule has 0 aromatic heterocycles. The molecule has 0 N–H and O–H groups in total. The standard InChI is InChI=1S/C11H12N2O5S/c1-8(14)13(18-3)19(15,16)11-6-4-5-10(17-2)9(11)7-12/h4-6H,1-3H3. The molecule has 7 nitrogen and oxygen atoms in total. The summed E-state index contributed by atoms with van der Waals surface area (Å²) in [6, 6.07) is 5.79. The molecule has 1 rings (SSSR count). The van der Waals surface area contributed by atoms with Gasteiger partial charge in [-0.1, -0.05) is 6.07 Å². The predicted octanol–water partition coefficient (Wildman–Crippen LogP) is 0.665. The number of nitriles is 1. The molecule has 0 saturated carbocycles. The van der Waals surface area contributed by atoms with Gasteiger partial charge in [0.2, 0.25) is 0 Å². The molecule has 0 aliphatic heterocycles. The van der Waals surface area contributed by atoms with E-state index < -0.39 is 15.9 Å². The molecule has 19 heavy (non-hydrogen) atoms. The van der Waals surface area contributed by atoms with E-state index in [2.05, 4.69) is 4.84 Å². The number of benzene rings is 1. The Labute approximate surface area is 111 Å². The molecule has 102 valence electrons. The highest BCUT2D eigenvalue weighted by Crippen LogP contribution is 2.27. The maximum atomic E-state index is 12.2. The lowest BCUT2D eigenvalue weighted by atomic mass is 10.2. The second kappa shape index (κ2) is 5.69. The molecule has 0 aliphatic rings. The van der Waals surface area contributed by atoms with Gasteiger partial charge in [0.15, 0.2) is 0 Å². The van der Waals surface area contributed by atoms with E-state index in [0.29, 0.717) is 0 Å². The molecular weight excluding hydrogens is 272 g/mol. The van der Waals surface area contributed by atoms with Crippen molar-refractivity contribution >= 4 is 15.9 Å². The molecule has 0 bridgehead atoms. The van der Waals surface area contributed by atoms with E-state index in [-0.39, 0.29) is 20.7 Å². The van der Waals surface area contributed by atoms with E-state index in [1.165, 1.54) is 25.3 Å². The number of hydrogen-bond donors (Lipinski definition) is 0. The molecule has 0 aliphatic carbocycles. The number of nitrogens with zero attached hydrogens (tertiary/aromatic N) is 2. The highest BCUT2D eigenvalue weighted by atomic mass is 32.2. The van der Waals surface area contributed by atoms with Crippen LogP contribution < -0.4 is 4.74 Å². The maximum Gasteiger partial charge on any atom is 0.290 e. The van der Waals surface area contributed by atoms with Crippen molar-refractivity contribution in [3.63, 3.8) is 0 Å². The smallest absolute Gasteiger partial charge is 0.290 e. The molecule has 0 atom stereocenters. The molecule has 8 heteroatoms. The van der Waals surface area contributed by atoms with Crippen molar-refractivity contribution in [2.24, 2.45) is 0 Å². The fourth-order valence-corrected chi connectivity index (χ4v) is 2.86. The van der Waals surface area contributed by atoms with Crippen LogP contribution in [0.1, 0.15) is 12.5 Å². The van der Waals surface area contributed by atoms with Gasteiger partial charge in [-0.15, -0.1) is 4.47 Å². The summed E-state index contributed by atoms with van der Waals surface area (Å²) in [4.78, 5) is 15.5. The topological polar surface area (TPSA) is 96.7 Å².